The molecule has 0 radical (unpaired) electrons. The van der Waals surface area contributed by atoms with Crippen LogP contribution in [0.5, 0.6) is 0 Å². The minimum Gasteiger partial charge on any atom is -0.471 e. The predicted molar refractivity (Wildman–Crippen MR) is 66.1 cm³/mol. The number of carbonyl (C=O) groups is 1. The van der Waals surface area contributed by atoms with Crippen molar-refractivity contribution in [1.29, 1.82) is 0 Å². The third-order valence-corrected chi connectivity index (χ3v) is 7.78. The van der Waals surface area contributed by atoms with Crippen LogP contribution in [-0.4, -0.2) is 14.6 Å². The first-order valence-corrected chi connectivity index (χ1v) is 8.33. The van der Waals surface area contributed by atoms with Gasteiger partial charge in [0.2, 0.25) is 0 Å². The van der Waals surface area contributed by atoms with E-state index < -0.39 is 8.32 Å². The first-order valence-electron chi connectivity index (χ1n) is 5.42. The minimum absolute atomic E-state index is 0.179. The highest BCUT2D eigenvalue weighted by Crippen LogP contribution is 2.37. The maximum Gasteiger partial charge on any atom is 0.192 e. The molecule has 0 spiro atoms. The number of hydrogen-bond acceptors (Lipinski definition) is 3. The Morgan fingerprint density at radius 1 is 1.38 bits per heavy atom. The maximum atomic E-state index is 10.7. The minimum atomic E-state index is -1.75. The zero-order chi connectivity index (χ0) is 12.4. The van der Waals surface area contributed by atoms with Gasteiger partial charge in [-0.15, -0.1) is 0 Å². The lowest BCUT2D eigenvalue weighted by atomic mass is 10.2. The average molecular weight is 240 g/mol. The molecule has 0 unspecified atom stereocenters. The lowest BCUT2D eigenvalue weighted by Gasteiger charge is -2.36. The fraction of sp³-hybridized carbons (Fsp3) is 0.583. The van der Waals surface area contributed by atoms with Crippen LogP contribution in [0.2, 0.25) is 18.1 Å². The van der Waals surface area contributed by atoms with Crippen molar-refractivity contribution in [2.75, 3.05) is 0 Å². The van der Waals surface area contributed by atoms with Gasteiger partial charge in [0.1, 0.15) is 6.26 Å². The molecule has 1 aromatic heterocycles. The molecule has 0 bridgehead atoms. The van der Waals surface area contributed by atoms with E-state index in [2.05, 4.69) is 33.9 Å². The summed E-state index contributed by atoms with van der Waals surface area (Å²) in [7, 11) is -1.75. The smallest absolute Gasteiger partial charge is 0.192 e. The highest BCUT2D eigenvalue weighted by Gasteiger charge is 2.37. The number of furan rings is 1. The summed E-state index contributed by atoms with van der Waals surface area (Å²) in [6.45, 7) is 11.4. The number of rotatable bonds is 4. The summed E-state index contributed by atoms with van der Waals surface area (Å²) in [5, 5.41) is 0.179. The van der Waals surface area contributed by atoms with Gasteiger partial charge in [0.05, 0.1) is 18.4 Å². The molecule has 0 aromatic carbocycles. The normalized spacial score (nSPS) is 12.8. The zero-order valence-corrected chi connectivity index (χ0v) is 11.7. The Kier molecular flexibility index (Phi) is 3.75. The second-order valence-corrected chi connectivity index (χ2v) is 10.3. The average Bonchev–Trinajstić information content (AvgIpc) is 2.60. The van der Waals surface area contributed by atoms with Gasteiger partial charge in [-0.3, -0.25) is 4.79 Å². The van der Waals surface area contributed by atoms with E-state index in [1.54, 1.807) is 6.26 Å². The van der Waals surface area contributed by atoms with Crippen LogP contribution < -0.4 is 0 Å². The summed E-state index contributed by atoms with van der Waals surface area (Å²) in [5.74, 6) is 0. The fourth-order valence-electron chi connectivity index (χ4n) is 1.03. The van der Waals surface area contributed by atoms with Crippen molar-refractivity contribution in [3.05, 3.63) is 23.7 Å². The lowest BCUT2D eigenvalue weighted by Crippen LogP contribution is -2.40. The first-order chi connectivity index (χ1) is 7.28. The van der Waals surface area contributed by atoms with Crippen LogP contribution >= 0.6 is 0 Å². The van der Waals surface area contributed by atoms with E-state index in [-0.39, 0.29) is 5.04 Å². The van der Waals surface area contributed by atoms with E-state index in [1.165, 1.54) is 6.26 Å². The van der Waals surface area contributed by atoms with Gasteiger partial charge < -0.3 is 8.84 Å². The highest BCUT2D eigenvalue weighted by molar-refractivity contribution is 6.74. The summed E-state index contributed by atoms with van der Waals surface area (Å²) in [4.78, 5) is 10.7. The highest BCUT2D eigenvalue weighted by atomic mass is 28.4. The van der Waals surface area contributed by atoms with Crippen molar-refractivity contribution >= 4 is 14.6 Å². The van der Waals surface area contributed by atoms with E-state index in [4.69, 9.17) is 8.84 Å². The molecule has 90 valence electrons. The van der Waals surface area contributed by atoms with Crippen LogP contribution in [0.15, 0.2) is 16.9 Å². The molecule has 0 fully saturated rings. The molecule has 0 atom stereocenters. The monoisotopic (exact) mass is 240 g/mol. The molecule has 0 aliphatic rings. The van der Waals surface area contributed by atoms with Crippen molar-refractivity contribution in [3.8, 4) is 0 Å². The van der Waals surface area contributed by atoms with Gasteiger partial charge in [0, 0.05) is 5.56 Å². The molecule has 1 heterocycles. The molecule has 0 aliphatic carbocycles. The van der Waals surface area contributed by atoms with Crippen molar-refractivity contribution in [2.45, 2.75) is 45.5 Å². The third kappa shape index (κ3) is 2.83. The van der Waals surface area contributed by atoms with Crippen LogP contribution in [-0.2, 0) is 11.0 Å². The maximum absolute atomic E-state index is 10.7. The van der Waals surface area contributed by atoms with E-state index >= 15 is 0 Å². The molecule has 3 nitrogen and oxygen atoms in total. The van der Waals surface area contributed by atoms with Crippen LogP contribution in [0, 0.1) is 0 Å². The van der Waals surface area contributed by atoms with Gasteiger partial charge in [0.25, 0.3) is 0 Å². The Balaban J connectivity index is 2.68. The lowest BCUT2D eigenvalue weighted by molar-refractivity contribution is 0.112. The second-order valence-electron chi connectivity index (χ2n) is 5.52. The summed E-state index contributed by atoms with van der Waals surface area (Å²) in [5.41, 5.74) is 1.42. The van der Waals surface area contributed by atoms with Gasteiger partial charge in [-0.1, -0.05) is 20.8 Å². The molecule has 0 aliphatic heterocycles. The van der Waals surface area contributed by atoms with Crippen LogP contribution in [0.1, 0.15) is 36.7 Å². The van der Waals surface area contributed by atoms with Gasteiger partial charge >= 0.3 is 0 Å². The molecule has 0 saturated carbocycles. The van der Waals surface area contributed by atoms with Gasteiger partial charge in [0.15, 0.2) is 14.6 Å². The molecule has 0 amide bonds. The molecule has 0 N–H and O–H groups in total. The van der Waals surface area contributed by atoms with Crippen LogP contribution in [0.4, 0.5) is 0 Å². The van der Waals surface area contributed by atoms with E-state index in [9.17, 15) is 4.79 Å². The Morgan fingerprint density at radius 2 is 2.00 bits per heavy atom. The van der Waals surface area contributed by atoms with Crippen molar-refractivity contribution in [3.63, 3.8) is 0 Å². The SMILES string of the molecule is CC(C)(C)[Si](C)(C)OCc1cocc1C=O. The van der Waals surface area contributed by atoms with Gasteiger partial charge in [-0.05, 0) is 18.1 Å². The van der Waals surface area contributed by atoms with Crippen LogP contribution in [0.25, 0.3) is 0 Å². The van der Waals surface area contributed by atoms with E-state index in [0.29, 0.717) is 12.2 Å². The summed E-state index contributed by atoms with van der Waals surface area (Å²) in [6, 6.07) is 0. The van der Waals surface area contributed by atoms with Crippen molar-refractivity contribution in [1.82, 2.24) is 0 Å². The van der Waals surface area contributed by atoms with E-state index in [0.717, 1.165) is 11.8 Å². The Labute approximate surface area is 97.9 Å². The zero-order valence-electron chi connectivity index (χ0n) is 10.7. The predicted octanol–water partition coefficient (Wildman–Crippen LogP) is 3.61. The Bertz CT molecular complexity index is 361. The summed E-state index contributed by atoms with van der Waals surface area (Å²) in [6.07, 6.45) is 3.84. The first kappa shape index (κ1) is 13.2. The topological polar surface area (TPSA) is 39.4 Å². The quantitative estimate of drug-likeness (QED) is 0.596. The number of hydrogen-bond donors (Lipinski definition) is 0. The molecular formula is C12H20O3Si. The number of aldehydes is 1. The van der Waals surface area contributed by atoms with Gasteiger partial charge in [-0.2, -0.15) is 0 Å². The third-order valence-electron chi connectivity index (χ3n) is 3.30. The van der Waals surface area contributed by atoms with Crippen LogP contribution in [0.3, 0.4) is 0 Å². The fourth-order valence-corrected chi connectivity index (χ4v) is 1.98. The second kappa shape index (κ2) is 4.55. The summed E-state index contributed by atoms with van der Waals surface area (Å²) >= 11 is 0. The molecule has 16 heavy (non-hydrogen) atoms. The Hall–Kier alpha value is -0.873. The Morgan fingerprint density at radius 3 is 2.50 bits per heavy atom. The molecule has 1 aromatic rings. The van der Waals surface area contributed by atoms with E-state index in [1.807, 2.05) is 0 Å². The van der Waals surface area contributed by atoms with Crippen molar-refractivity contribution in [2.24, 2.45) is 0 Å². The largest absolute Gasteiger partial charge is 0.471 e. The standard InChI is InChI=1S/C12H20O3Si/c1-12(2,3)16(4,5)15-9-11-8-14-7-10(11)6-13/h6-8H,9H2,1-5H3. The molecule has 1 rings (SSSR count). The molecule has 4 heteroatoms. The molecular weight excluding hydrogens is 220 g/mol. The van der Waals surface area contributed by atoms with Crippen molar-refractivity contribution < 1.29 is 13.6 Å². The van der Waals surface area contributed by atoms with Gasteiger partial charge in [-0.25, -0.2) is 0 Å². The summed E-state index contributed by atoms with van der Waals surface area (Å²) < 4.78 is 11.0. The number of carbonyl (C=O) groups excluding carboxylic acids is 1. The molecule has 0 saturated heterocycles.